The van der Waals surface area contributed by atoms with E-state index in [4.69, 9.17) is 0 Å². The molecular formula is C23H34N4OS+2. The lowest BCUT2D eigenvalue weighted by atomic mass is 9.95. The molecule has 2 fully saturated rings. The third-order valence-electron chi connectivity index (χ3n) is 7.11. The summed E-state index contributed by atoms with van der Waals surface area (Å²) in [5.41, 5.74) is 2.35. The van der Waals surface area contributed by atoms with E-state index in [1.807, 2.05) is 11.3 Å². The molecule has 0 atom stereocenters. The molecule has 2 N–H and O–H groups in total. The summed E-state index contributed by atoms with van der Waals surface area (Å²) in [6.45, 7) is 9.30. The number of likely N-dealkylation sites (tertiary alicyclic amines) is 1. The van der Waals surface area contributed by atoms with E-state index in [-0.39, 0.29) is 5.91 Å². The number of carbonyl (C=O) groups excluding carboxylic acids is 1. The van der Waals surface area contributed by atoms with Crippen molar-refractivity contribution in [2.75, 3.05) is 52.4 Å². The molecular weight excluding hydrogens is 380 g/mol. The molecule has 156 valence electrons. The zero-order valence-electron chi connectivity index (χ0n) is 17.4. The molecule has 5 nitrogen and oxygen atoms in total. The molecule has 29 heavy (non-hydrogen) atoms. The average molecular weight is 415 g/mol. The summed E-state index contributed by atoms with van der Waals surface area (Å²) >= 11 is 1.84. The highest BCUT2D eigenvalue weighted by atomic mass is 32.1. The molecule has 0 radical (unpaired) electrons. The fourth-order valence-corrected chi connectivity index (χ4v) is 6.68. The number of piperazine rings is 1. The predicted molar refractivity (Wildman–Crippen MR) is 117 cm³/mol. The maximum atomic E-state index is 13.6. The van der Waals surface area contributed by atoms with Crippen molar-refractivity contribution in [3.8, 4) is 5.00 Å². The molecule has 0 bridgehead atoms. The summed E-state index contributed by atoms with van der Waals surface area (Å²) in [6.07, 6.45) is 11.6. The van der Waals surface area contributed by atoms with Crippen LogP contribution in [0.2, 0.25) is 0 Å². The summed E-state index contributed by atoms with van der Waals surface area (Å²) in [6, 6.07) is 4.11. The SMILES string of the molecule is O=C(c1c(-n2cccc2)sc2c1CCCC2)N1CC[NH+](CC[NH+]2CCCC2)CC1. The monoisotopic (exact) mass is 414 g/mol. The minimum Gasteiger partial charge on any atom is -0.330 e. The van der Waals surface area contributed by atoms with Crippen LogP contribution in [-0.2, 0) is 12.8 Å². The van der Waals surface area contributed by atoms with E-state index in [9.17, 15) is 4.79 Å². The summed E-state index contributed by atoms with van der Waals surface area (Å²) < 4.78 is 2.15. The van der Waals surface area contributed by atoms with Gasteiger partial charge in [0.15, 0.2) is 0 Å². The minimum absolute atomic E-state index is 0.275. The molecule has 6 heteroatoms. The van der Waals surface area contributed by atoms with Gasteiger partial charge in [-0.25, -0.2) is 0 Å². The molecule has 4 heterocycles. The van der Waals surface area contributed by atoms with Crippen LogP contribution in [0.4, 0.5) is 0 Å². The minimum atomic E-state index is 0.275. The normalized spacial score (nSPS) is 20.9. The number of quaternary nitrogens is 2. The Balaban J connectivity index is 1.28. The predicted octanol–water partition coefficient (Wildman–Crippen LogP) is 0.437. The van der Waals surface area contributed by atoms with Crippen LogP contribution >= 0.6 is 11.3 Å². The number of hydrogen-bond donors (Lipinski definition) is 2. The molecule has 2 aliphatic heterocycles. The number of aryl methyl sites for hydroxylation is 1. The summed E-state index contributed by atoms with van der Waals surface area (Å²) in [5, 5.41) is 1.14. The van der Waals surface area contributed by atoms with Crippen LogP contribution in [0.5, 0.6) is 0 Å². The van der Waals surface area contributed by atoms with E-state index in [1.54, 1.807) is 9.80 Å². The van der Waals surface area contributed by atoms with Gasteiger partial charge in [0.1, 0.15) is 18.1 Å². The number of hydrogen-bond acceptors (Lipinski definition) is 2. The molecule has 0 saturated carbocycles. The van der Waals surface area contributed by atoms with Gasteiger partial charge in [-0.3, -0.25) is 4.79 Å². The van der Waals surface area contributed by atoms with Gasteiger partial charge >= 0.3 is 0 Å². The number of rotatable bonds is 5. The Labute approximate surface area is 177 Å². The first-order valence-electron chi connectivity index (χ1n) is 11.5. The topological polar surface area (TPSA) is 34.1 Å². The molecule has 1 amide bonds. The van der Waals surface area contributed by atoms with Crippen molar-refractivity contribution in [1.29, 1.82) is 0 Å². The molecule has 1 aliphatic carbocycles. The van der Waals surface area contributed by atoms with E-state index >= 15 is 0 Å². The molecule has 0 aromatic carbocycles. The molecule has 5 rings (SSSR count). The Morgan fingerprint density at radius 3 is 2.28 bits per heavy atom. The molecule has 2 aromatic heterocycles. The van der Waals surface area contributed by atoms with Crippen LogP contribution in [0.25, 0.3) is 5.00 Å². The van der Waals surface area contributed by atoms with E-state index in [1.165, 1.54) is 62.3 Å². The van der Waals surface area contributed by atoms with Gasteiger partial charge in [-0.05, 0) is 43.4 Å². The van der Waals surface area contributed by atoms with Gasteiger partial charge in [0, 0.05) is 30.1 Å². The first-order valence-corrected chi connectivity index (χ1v) is 12.4. The number of nitrogens with one attached hydrogen (secondary N) is 2. The van der Waals surface area contributed by atoms with Crippen molar-refractivity contribution < 1.29 is 14.6 Å². The van der Waals surface area contributed by atoms with Crippen molar-refractivity contribution in [3.05, 3.63) is 40.5 Å². The second-order valence-electron chi connectivity index (χ2n) is 8.98. The number of aromatic nitrogens is 1. The standard InChI is InChI=1S/C23H32N4OS/c28-22(26-17-15-25(16-18-26)14-13-24-9-3-4-10-24)21-19-7-1-2-8-20(19)29-23(21)27-11-5-6-12-27/h5-6,11-12H,1-4,7-10,13-18H2/p+2. The van der Waals surface area contributed by atoms with Crippen molar-refractivity contribution in [1.82, 2.24) is 9.47 Å². The van der Waals surface area contributed by atoms with Crippen LogP contribution in [0, 0.1) is 0 Å². The molecule has 2 aromatic rings. The van der Waals surface area contributed by atoms with Crippen molar-refractivity contribution >= 4 is 17.2 Å². The van der Waals surface area contributed by atoms with Gasteiger partial charge in [-0.1, -0.05) is 0 Å². The third-order valence-corrected chi connectivity index (χ3v) is 8.41. The quantitative estimate of drug-likeness (QED) is 0.732. The lowest BCUT2D eigenvalue weighted by Gasteiger charge is -2.33. The van der Waals surface area contributed by atoms with Gasteiger partial charge in [0.2, 0.25) is 0 Å². The second-order valence-corrected chi connectivity index (χ2v) is 10.1. The number of carbonyl (C=O) groups is 1. The Morgan fingerprint density at radius 2 is 1.55 bits per heavy atom. The van der Waals surface area contributed by atoms with Gasteiger partial charge in [0.05, 0.1) is 44.8 Å². The number of amides is 1. The van der Waals surface area contributed by atoms with Gasteiger partial charge in [-0.2, -0.15) is 0 Å². The first-order chi connectivity index (χ1) is 14.3. The largest absolute Gasteiger partial charge is 0.330 e. The Kier molecular flexibility index (Phi) is 5.75. The number of thiophene rings is 1. The number of fused-ring (bicyclic) bond motifs is 1. The fourth-order valence-electron chi connectivity index (χ4n) is 5.34. The van der Waals surface area contributed by atoms with Crippen LogP contribution in [0.15, 0.2) is 24.5 Å². The molecule has 2 saturated heterocycles. The average Bonchev–Trinajstić information content (AvgIpc) is 3.52. The molecule has 0 unspecified atom stereocenters. The Morgan fingerprint density at radius 1 is 0.897 bits per heavy atom. The van der Waals surface area contributed by atoms with E-state index in [2.05, 4.69) is 34.0 Å². The van der Waals surface area contributed by atoms with Crippen LogP contribution < -0.4 is 9.80 Å². The highest BCUT2D eigenvalue weighted by Gasteiger charge is 2.32. The second kappa shape index (κ2) is 8.62. The summed E-state index contributed by atoms with van der Waals surface area (Å²) in [7, 11) is 0. The maximum absolute atomic E-state index is 13.6. The smallest absolute Gasteiger partial charge is 0.257 e. The summed E-state index contributed by atoms with van der Waals surface area (Å²) in [4.78, 5) is 20.7. The fraction of sp³-hybridized carbons (Fsp3) is 0.609. The van der Waals surface area contributed by atoms with E-state index < -0.39 is 0 Å². The lowest BCUT2D eigenvalue weighted by Crippen LogP contribution is -3.21. The zero-order valence-corrected chi connectivity index (χ0v) is 18.2. The third kappa shape index (κ3) is 4.03. The van der Waals surface area contributed by atoms with Crippen LogP contribution in [0.1, 0.15) is 46.5 Å². The maximum Gasteiger partial charge on any atom is 0.257 e. The van der Waals surface area contributed by atoms with Gasteiger partial charge in [0.25, 0.3) is 5.91 Å². The van der Waals surface area contributed by atoms with Crippen LogP contribution in [-0.4, -0.2) is 67.7 Å². The Hall–Kier alpha value is -1.63. The van der Waals surface area contributed by atoms with Gasteiger partial charge in [-0.15, -0.1) is 11.3 Å². The van der Waals surface area contributed by atoms with Crippen molar-refractivity contribution in [3.63, 3.8) is 0 Å². The van der Waals surface area contributed by atoms with Crippen LogP contribution in [0.3, 0.4) is 0 Å². The van der Waals surface area contributed by atoms with Gasteiger partial charge < -0.3 is 19.3 Å². The molecule has 3 aliphatic rings. The van der Waals surface area contributed by atoms with Crippen molar-refractivity contribution in [2.45, 2.75) is 38.5 Å². The summed E-state index contributed by atoms with van der Waals surface area (Å²) in [5.74, 6) is 0.275. The van der Waals surface area contributed by atoms with Crippen molar-refractivity contribution in [2.24, 2.45) is 0 Å². The Bertz CT molecular complexity index is 829. The highest BCUT2D eigenvalue weighted by Crippen LogP contribution is 2.37. The lowest BCUT2D eigenvalue weighted by molar-refractivity contribution is -0.954. The van der Waals surface area contributed by atoms with E-state index in [0.29, 0.717) is 0 Å². The number of nitrogens with zero attached hydrogens (tertiary/aromatic N) is 2. The highest BCUT2D eigenvalue weighted by molar-refractivity contribution is 7.15. The first kappa shape index (κ1) is 19.3. The zero-order chi connectivity index (χ0) is 19.6. The van der Waals surface area contributed by atoms with E-state index in [0.717, 1.165) is 49.6 Å². The molecule has 0 spiro atoms.